The van der Waals surface area contributed by atoms with Crippen LogP contribution in [-0.2, 0) is 7.05 Å². The molecule has 0 saturated heterocycles. The molecule has 0 bridgehead atoms. The third-order valence-corrected chi connectivity index (χ3v) is 2.91. The van der Waals surface area contributed by atoms with E-state index in [1.54, 1.807) is 11.6 Å². The Balaban J connectivity index is 2.31. The minimum absolute atomic E-state index is 0.0817. The fourth-order valence-corrected chi connectivity index (χ4v) is 1.99. The van der Waals surface area contributed by atoms with E-state index in [1.807, 2.05) is 0 Å². The Kier molecular flexibility index (Phi) is 2.51. The van der Waals surface area contributed by atoms with Crippen LogP contribution >= 0.6 is 0 Å². The van der Waals surface area contributed by atoms with Gasteiger partial charge in [0, 0.05) is 18.8 Å². The Morgan fingerprint density at radius 3 is 2.63 bits per heavy atom. The van der Waals surface area contributed by atoms with E-state index in [0.717, 1.165) is 12.3 Å². The zero-order chi connectivity index (χ0) is 13.6. The number of halogens is 3. The summed E-state index contributed by atoms with van der Waals surface area (Å²) in [6, 6.07) is 3.70. The summed E-state index contributed by atoms with van der Waals surface area (Å²) < 4.78 is 41.5. The molecule has 96 valence electrons. The first kappa shape index (κ1) is 11.7. The van der Waals surface area contributed by atoms with Crippen LogP contribution in [0.4, 0.5) is 13.2 Å². The predicted octanol–water partition coefficient (Wildman–Crippen LogP) is 3.05. The smallest absolute Gasteiger partial charge is 0.186 e. The van der Waals surface area contributed by atoms with Crippen LogP contribution in [0.25, 0.3) is 22.4 Å². The first-order valence-electron chi connectivity index (χ1n) is 5.49. The van der Waals surface area contributed by atoms with Crippen LogP contribution < -0.4 is 0 Å². The summed E-state index contributed by atoms with van der Waals surface area (Å²) in [6.07, 6.45) is 2.48. The van der Waals surface area contributed by atoms with Gasteiger partial charge >= 0.3 is 0 Å². The lowest BCUT2D eigenvalue weighted by molar-refractivity contribution is 0.515. The highest BCUT2D eigenvalue weighted by Gasteiger charge is 2.16. The maximum atomic E-state index is 13.6. The highest BCUT2D eigenvalue weighted by Crippen LogP contribution is 2.26. The van der Waals surface area contributed by atoms with E-state index in [0.29, 0.717) is 16.9 Å². The van der Waals surface area contributed by atoms with Crippen LogP contribution in [0.1, 0.15) is 0 Å². The predicted molar refractivity (Wildman–Crippen MR) is 63.8 cm³/mol. The van der Waals surface area contributed by atoms with Crippen molar-refractivity contribution in [1.29, 1.82) is 0 Å². The lowest BCUT2D eigenvalue weighted by atomic mass is 10.2. The Morgan fingerprint density at radius 1 is 1.11 bits per heavy atom. The molecule has 2 aromatic heterocycles. The quantitative estimate of drug-likeness (QED) is 0.675. The number of aromatic nitrogens is 3. The summed E-state index contributed by atoms with van der Waals surface area (Å²) >= 11 is 0. The van der Waals surface area contributed by atoms with Gasteiger partial charge in [-0.05, 0) is 18.2 Å². The van der Waals surface area contributed by atoms with E-state index in [4.69, 9.17) is 0 Å². The maximum absolute atomic E-state index is 13.6. The fourth-order valence-electron chi connectivity index (χ4n) is 1.99. The highest BCUT2D eigenvalue weighted by atomic mass is 19.2. The van der Waals surface area contributed by atoms with Gasteiger partial charge in [-0.15, -0.1) is 0 Å². The monoisotopic (exact) mass is 263 g/mol. The van der Waals surface area contributed by atoms with E-state index < -0.39 is 17.5 Å². The van der Waals surface area contributed by atoms with Crippen molar-refractivity contribution in [2.24, 2.45) is 7.05 Å². The van der Waals surface area contributed by atoms with E-state index in [9.17, 15) is 13.2 Å². The second kappa shape index (κ2) is 4.08. The number of nitrogens with zero attached hydrogens (tertiary/aromatic N) is 3. The summed E-state index contributed by atoms with van der Waals surface area (Å²) in [5.41, 5.74) is 0.749. The molecule has 0 amide bonds. The molecule has 0 radical (unpaired) electrons. The molecule has 0 aliphatic rings. The first-order chi connectivity index (χ1) is 9.08. The maximum Gasteiger partial charge on any atom is 0.186 e. The van der Waals surface area contributed by atoms with E-state index in [-0.39, 0.29) is 5.52 Å². The molecule has 2 heterocycles. The number of rotatable bonds is 1. The topological polar surface area (TPSA) is 30.7 Å². The van der Waals surface area contributed by atoms with E-state index in [2.05, 4.69) is 9.97 Å². The summed E-state index contributed by atoms with van der Waals surface area (Å²) in [6.45, 7) is 0. The van der Waals surface area contributed by atoms with Gasteiger partial charge in [0.05, 0.1) is 11.7 Å². The van der Waals surface area contributed by atoms with Crippen LogP contribution in [-0.4, -0.2) is 14.5 Å². The molecule has 19 heavy (non-hydrogen) atoms. The van der Waals surface area contributed by atoms with Crippen molar-refractivity contribution in [3.05, 3.63) is 48.0 Å². The van der Waals surface area contributed by atoms with Gasteiger partial charge in [-0.2, -0.15) is 0 Å². The first-order valence-corrected chi connectivity index (χ1v) is 5.49. The highest BCUT2D eigenvalue weighted by molar-refractivity contribution is 5.81. The van der Waals surface area contributed by atoms with E-state index in [1.165, 1.54) is 18.3 Å². The Morgan fingerprint density at radius 2 is 1.89 bits per heavy atom. The summed E-state index contributed by atoms with van der Waals surface area (Å²) in [7, 11) is 1.65. The number of aryl methyl sites for hydroxylation is 1. The summed E-state index contributed by atoms with van der Waals surface area (Å²) in [5.74, 6) is -2.17. The van der Waals surface area contributed by atoms with Gasteiger partial charge in [-0.25, -0.2) is 18.2 Å². The van der Waals surface area contributed by atoms with Gasteiger partial charge in [0.25, 0.3) is 0 Å². The average Bonchev–Trinajstić information content (AvgIpc) is 2.72. The molecule has 0 aliphatic carbocycles. The molecule has 3 rings (SSSR count). The second-order valence-electron chi connectivity index (χ2n) is 4.12. The number of hydrogen-bond donors (Lipinski definition) is 0. The van der Waals surface area contributed by atoms with Crippen LogP contribution in [0.5, 0.6) is 0 Å². The van der Waals surface area contributed by atoms with Crippen molar-refractivity contribution in [1.82, 2.24) is 14.5 Å². The summed E-state index contributed by atoms with van der Waals surface area (Å²) in [4.78, 5) is 7.74. The average molecular weight is 263 g/mol. The molecule has 0 spiro atoms. The van der Waals surface area contributed by atoms with Crippen LogP contribution in [0.15, 0.2) is 30.6 Å². The molecule has 0 atom stereocenters. The number of imidazole rings is 1. The normalized spacial score (nSPS) is 11.2. The van der Waals surface area contributed by atoms with Gasteiger partial charge < -0.3 is 4.57 Å². The number of pyridine rings is 1. The molecule has 0 N–H and O–H groups in total. The molecule has 3 aromatic rings. The molecule has 3 nitrogen and oxygen atoms in total. The van der Waals surface area contributed by atoms with Crippen LogP contribution in [0.3, 0.4) is 0 Å². The molecule has 0 aliphatic heterocycles. The molecular weight excluding hydrogens is 255 g/mol. The summed E-state index contributed by atoms with van der Waals surface area (Å²) in [5, 5.41) is 0. The Bertz CT molecular complexity index is 780. The van der Waals surface area contributed by atoms with Crippen LogP contribution in [0, 0.1) is 17.5 Å². The molecule has 6 heteroatoms. The second-order valence-corrected chi connectivity index (χ2v) is 4.12. The van der Waals surface area contributed by atoms with Crippen molar-refractivity contribution in [2.45, 2.75) is 0 Å². The van der Waals surface area contributed by atoms with Crippen LogP contribution in [0.2, 0.25) is 0 Å². The van der Waals surface area contributed by atoms with Crippen molar-refractivity contribution in [3.8, 4) is 11.4 Å². The largest absolute Gasteiger partial charge is 0.327 e. The number of fused-ring (bicyclic) bond motifs is 1. The standard InChI is InChI=1S/C13H8F3N3/c1-19-10-3-2-9(15)11(16)12(10)18-13(19)7-4-8(14)6-17-5-7/h2-6H,1H3. The Labute approximate surface area is 106 Å². The van der Waals surface area contributed by atoms with E-state index >= 15 is 0 Å². The minimum Gasteiger partial charge on any atom is -0.327 e. The molecule has 0 fully saturated rings. The van der Waals surface area contributed by atoms with Crippen molar-refractivity contribution < 1.29 is 13.2 Å². The fraction of sp³-hybridized carbons (Fsp3) is 0.0769. The Hall–Kier alpha value is -2.37. The minimum atomic E-state index is -1.01. The third kappa shape index (κ3) is 1.76. The lowest BCUT2D eigenvalue weighted by Crippen LogP contribution is -1.93. The van der Waals surface area contributed by atoms with Gasteiger partial charge in [-0.1, -0.05) is 0 Å². The SMILES string of the molecule is Cn1c(-c2cncc(F)c2)nc2c(F)c(F)ccc21. The third-order valence-electron chi connectivity index (χ3n) is 2.91. The zero-order valence-electron chi connectivity index (χ0n) is 9.86. The zero-order valence-corrected chi connectivity index (χ0v) is 9.86. The van der Waals surface area contributed by atoms with Gasteiger partial charge in [0.2, 0.25) is 0 Å². The number of hydrogen-bond acceptors (Lipinski definition) is 2. The van der Waals surface area contributed by atoms with Gasteiger partial charge in [0.15, 0.2) is 11.6 Å². The lowest BCUT2D eigenvalue weighted by Gasteiger charge is -2.01. The van der Waals surface area contributed by atoms with Crippen molar-refractivity contribution in [2.75, 3.05) is 0 Å². The molecular formula is C13H8F3N3. The number of benzene rings is 1. The molecule has 0 unspecified atom stereocenters. The van der Waals surface area contributed by atoms with Gasteiger partial charge in [0.1, 0.15) is 17.2 Å². The molecule has 0 saturated carbocycles. The van der Waals surface area contributed by atoms with Crippen molar-refractivity contribution in [3.63, 3.8) is 0 Å². The van der Waals surface area contributed by atoms with Gasteiger partial charge in [-0.3, -0.25) is 4.98 Å². The van der Waals surface area contributed by atoms with Crippen molar-refractivity contribution >= 4 is 11.0 Å². The molecule has 1 aromatic carbocycles.